The molecular formula is C13H20N2. The van der Waals surface area contributed by atoms with E-state index in [0.29, 0.717) is 17.8 Å². The summed E-state index contributed by atoms with van der Waals surface area (Å²) in [4.78, 5) is 2.03. The van der Waals surface area contributed by atoms with Crippen LogP contribution in [0.1, 0.15) is 26.3 Å². The first-order valence-corrected chi connectivity index (χ1v) is 5.41. The van der Waals surface area contributed by atoms with Crippen LogP contribution in [0.2, 0.25) is 0 Å². The normalized spacial score (nSPS) is 12.6. The van der Waals surface area contributed by atoms with E-state index in [0.717, 1.165) is 5.56 Å². The molecule has 0 amide bonds. The first-order valence-electron chi connectivity index (χ1n) is 5.41. The summed E-state index contributed by atoms with van der Waals surface area (Å²) in [5.74, 6) is 1.15. The molecule has 2 heteroatoms. The van der Waals surface area contributed by atoms with Crippen molar-refractivity contribution in [2.45, 2.75) is 26.8 Å². The summed E-state index contributed by atoms with van der Waals surface area (Å²) in [7, 11) is 1.99. The molecule has 2 nitrogen and oxygen atoms in total. The van der Waals surface area contributed by atoms with Crippen molar-refractivity contribution < 1.29 is 0 Å². The van der Waals surface area contributed by atoms with Gasteiger partial charge in [0.05, 0.1) is 0 Å². The lowest BCUT2D eigenvalue weighted by atomic mass is 10.0. The molecule has 1 atom stereocenters. The van der Waals surface area contributed by atoms with E-state index in [1.165, 1.54) is 0 Å². The van der Waals surface area contributed by atoms with E-state index in [9.17, 15) is 0 Å². The highest BCUT2D eigenvalue weighted by atomic mass is 15.2. The van der Waals surface area contributed by atoms with Crippen LogP contribution >= 0.6 is 0 Å². The molecule has 0 fully saturated rings. The number of hydrogen-bond acceptors (Lipinski definition) is 1. The van der Waals surface area contributed by atoms with Crippen molar-refractivity contribution >= 4 is 5.84 Å². The summed E-state index contributed by atoms with van der Waals surface area (Å²) < 4.78 is 0. The Morgan fingerprint density at radius 1 is 1.13 bits per heavy atom. The minimum absolute atomic E-state index is 0.387. The highest BCUT2D eigenvalue weighted by Crippen LogP contribution is 2.12. The standard InChI is InChI=1S/C13H20N2/c1-10(2)11(3)15(4)13(14)12-8-6-5-7-9-12/h5-11,14H,1-4H3. The fraction of sp³-hybridized carbons (Fsp3) is 0.462. The van der Waals surface area contributed by atoms with Crippen molar-refractivity contribution in [3.05, 3.63) is 35.9 Å². The number of hydrogen-bond donors (Lipinski definition) is 1. The lowest BCUT2D eigenvalue weighted by Gasteiger charge is -2.30. The first-order chi connectivity index (χ1) is 7.04. The fourth-order valence-electron chi connectivity index (χ4n) is 1.45. The molecule has 0 radical (unpaired) electrons. The maximum Gasteiger partial charge on any atom is 0.128 e. The van der Waals surface area contributed by atoms with Crippen LogP contribution in [-0.4, -0.2) is 23.8 Å². The van der Waals surface area contributed by atoms with E-state index in [1.807, 2.05) is 42.3 Å². The van der Waals surface area contributed by atoms with Crippen LogP contribution in [0.25, 0.3) is 0 Å². The predicted molar refractivity (Wildman–Crippen MR) is 65.3 cm³/mol. The Morgan fingerprint density at radius 2 is 1.67 bits per heavy atom. The van der Waals surface area contributed by atoms with Gasteiger partial charge >= 0.3 is 0 Å². The van der Waals surface area contributed by atoms with Crippen molar-refractivity contribution in [3.63, 3.8) is 0 Å². The van der Waals surface area contributed by atoms with Gasteiger partial charge in [-0.25, -0.2) is 0 Å². The van der Waals surface area contributed by atoms with Crippen LogP contribution in [0.5, 0.6) is 0 Å². The zero-order valence-corrected chi connectivity index (χ0v) is 9.99. The van der Waals surface area contributed by atoms with Crippen molar-refractivity contribution in [1.82, 2.24) is 4.90 Å². The van der Waals surface area contributed by atoms with Crippen LogP contribution < -0.4 is 0 Å². The van der Waals surface area contributed by atoms with Gasteiger partial charge in [0, 0.05) is 18.7 Å². The number of nitrogens with zero attached hydrogens (tertiary/aromatic N) is 1. The molecule has 0 saturated heterocycles. The van der Waals surface area contributed by atoms with Gasteiger partial charge < -0.3 is 4.90 Å². The van der Waals surface area contributed by atoms with E-state index in [2.05, 4.69) is 20.8 Å². The van der Waals surface area contributed by atoms with Gasteiger partial charge in [-0.15, -0.1) is 0 Å². The van der Waals surface area contributed by atoms with Crippen molar-refractivity contribution in [2.75, 3.05) is 7.05 Å². The largest absolute Gasteiger partial charge is 0.357 e. The maximum absolute atomic E-state index is 8.09. The molecule has 1 unspecified atom stereocenters. The van der Waals surface area contributed by atoms with Gasteiger partial charge in [-0.1, -0.05) is 44.2 Å². The highest BCUT2D eigenvalue weighted by molar-refractivity contribution is 5.96. The number of nitrogens with one attached hydrogen (secondary N) is 1. The van der Waals surface area contributed by atoms with Crippen LogP contribution in [0.15, 0.2) is 30.3 Å². The van der Waals surface area contributed by atoms with Gasteiger partial charge in [0.15, 0.2) is 0 Å². The summed E-state index contributed by atoms with van der Waals surface area (Å²) in [5.41, 5.74) is 0.979. The number of rotatable bonds is 3. The topological polar surface area (TPSA) is 27.1 Å². The molecule has 0 saturated carbocycles. The first kappa shape index (κ1) is 11.8. The lowest BCUT2D eigenvalue weighted by molar-refractivity contribution is 0.308. The monoisotopic (exact) mass is 204 g/mol. The molecule has 15 heavy (non-hydrogen) atoms. The summed E-state index contributed by atoms with van der Waals surface area (Å²) in [6.45, 7) is 6.51. The van der Waals surface area contributed by atoms with Gasteiger partial charge in [0.2, 0.25) is 0 Å². The maximum atomic E-state index is 8.09. The third-order valence-corrected chi connectivity index (χ3v) is 2.98. The third-order valence-electron chi connectivity index (χ3n) is 2.98. The zero-order valence-electron chi connectivity index (χ0n) is 9.99. The molecule has 0 aromatic heterocycles. The molecule has 82 valence electrons. The second-order valence-electron chi connectivity index (χ2n) is 4.31. The van der Waals surface area contributed by atoms with Gasteiger partial charge in [-0.2, -0.15) is 0 Å². The molecule has 0 aliphatic carbocycles. The van der Waals surface area contributed by atoms with Gasteiger partial charge in [0.1, 0.15) is 5.84 Å². The molecule has 0 aliphatic rings. The summed E-state index contributed by atoms with van der Waals surface area (Å²) in [6.07, 6.45) is 0. The van der Waals surface area contributed by atoms with Crippen LogP contribution in [0.4, 0.5) is 0 Å². The van der Waals surface area contributed by atoms with Gasteiger partial charge in [0.25, 0.3) is 0 Å². The number of benzene rings is 1. The molecule has 1 aromatic carbocycles. The predicted octanol–water partition coefficient (Wildman–Crippen LogP) is 2.99. The Labute approximate surface area is 92.4 Å². The van der Waals surface area contributed by atoms with E-state index >= 15 is 0 Å². The van der Waals surface area contributed by atoms with Crippen molar-refractivity contribution in [1.29, 1.82) is 5.41 Å². The lowest BCUT2D eigenvalue weighted by Crippen LogP contribution is -2.38. The molecular weight excluding hydrogens is 184 g/mol. The van der Waals surface area contributed by atoms with E-state index in [-0.39, 0.29) is 0 Å². The summed E-state index contributed by atoms with van der Waals surface area (Å²) in [5, 5.41) is 8.09. The average molecular weight is 204 g/mol. The van der Waals surface area contributed by atoms with Crippen LogP contribution in [0.3, 0.4) is 0 Å². The molecule has 0 aliphatic heterocycles. The van der Waals surface area contributed by atoms with E-state index in [4.69, 9.17) is 5.41 Å². The molecule has 1 N–H and O–H groups in total. The average Bonchev–Trinajstić information content (AvgIpc) is 2.27. The molecule has 1 rings (SSSR count). The van der Waals surface area contributed by atoms with E-state index < -0.39 is 0 Å². The zero-order chi connectivity index (χ0) is 11.4. The number of amidine groups is 1. The third kappa shape index (κ3) is 2.82. The van der Waals surface area contributed by atoms with Gasteiger partial charge in [-0.3, -0.25) is 5.41 Å². The second kappa shape index (κ2) is 4.96. The minimum Gasteiger partial charge on any atom is -0.357 e. The van der Waals surface area contributed by atoms with Crippen molar-refractivity contribution in [2.24, 2.45) is 5.92 Å². The quantitative estimate of drug-likeness (QED) is 0.594. The molecule has 0 bridgehead atoms. The highest BCUT2D eigenvalue weighted by Gasteiger charge is 2.16. The second-order valence-corrected chi connectivity index (χ2v) is 4.31. The Balaban J connectivity index is 2.78. The Bertz CT molecular complexity index is 317. The smallest absolute Gasteiger partial charge is 0.128 e. The van der Waals surface area contributed by atoms with Crippen LogP contribution in [0, 0.1) is 11.3 Å². The summed E-state index contributed by atoms with van der Waals surface area (Å²) >= 11 is 0. The SMILES string of the molecule is CC(C)C(C)N(C)C(=N)c1ccccc1. The van der Waals surface area contributed by atoms with Gasteiger partial charge in [-0.05, 0) is 12.8 Å². The Hall–Kier alpha value is -1.31. The van der Waals surface area contributed by atoms with E-state index in [1.54, 1.807) is 0 Å². The fourth-order valence-corrected chi connectivity index (χ4v) is 1.45. The summed E-state index contributed by atoms with van der Waals surface area (Å²) in [6, 6.07) is 10.3. The van der Waals surface area contributed by atoms with Crippen LogP contribution in [-0.2, 0) is 0 Å². The minimum atomic E-state index is 0.387. The Morgan fingerprint density at radius 3 is 2.13 bits per heavy atom. The Kier molecular flexibility index (Phi) is 3.89. The molecule has 0 heterocycles. The molecule has 0 spiro atoms. The molecule has 1 aromatic rings. The van der Waals surface area contributed by atoms with Crippen molar-refractivity contribution in [3.8, 4) is 0 Å².